The molecule has 0 saturated carbocycles. The van der Waals surface area contributed by atoms with E-state index in [9.17, 15) is 4.79 Å². The molecule has 0 saturated heterocycles. The summed E-state index contributed by atoms with van der Waals surface area (Å²) in [5.41, 5.74) is 0.536. The number of aromatic nitrogens is 3. The first-order chi connectivity index (χ1) is 10.2. The molecule has 0 fully saturated rings. The molecule has 0 aliphatic rings. The average molecular weight is 298 g/mol. The van der Waals surface area contributed by atoms with E-state index in [2.05, 4.69) is 15.4 Å². The van der Waals surface area contributed by atoms with Gasteiger partial charge < -0.3 is 5.32 Å². The van der Waals surface area contributed by atoms with Gasteiger partial charge in [0.1, 0.15) is 0 Å². The van der Waals surface area contributed by atoms with Crippen molar-refractivity contribution in [1.29, 1.82) is 0 Å². The highest BCUT2D eigenvalue weighted by atomic mass is 32.1. The maximum Gasteiger partial charge on any atom is 0.253 e. The van der Waals surface area contributed by atoms with E-state index in [4.69, 9.17) is 0 Å². The molecule has 0 bridgehead atoms. The minimum atomic E-state index is -0.129. The van der Waals surface area contributed by atoms with E-state index >= 15 is 0 Å². The zero-order chi connectivity index (χ0) is 14.7. The van der Waals surface area contributed by atoms with Crippen LogP contribution < -0.4 is 5.32 Å². The van der Waals surface area contributed by atoms with Crippen LogP contribution in [0.3, 0.4) is 0 Å². The van der Waals surface area contributed by atoms with E-state index in [1.54, 1.807) is 46.7 Å². The lowest BCUT2D eigenvalue weighted by molar-refractivity contribution is 0.0940. The monoisotopic (exact) mass is 298 g/mol. The van der Waals surface area contributed by atoms with Gasteiger partial charge in [0.15, 0.2) is 5.82 Å². The third kappa shape index (κ3) is 3.00. The quantitative estimate of drug-likeness (QED) is 0.805. The van der Waals surface area contributed by atoms with E-state index in [0.29, 0.717) is 11.4 Å². The number of pyridine rings is 1. The van der Waals surface area contributed by atoms with E-state index in [1.807, 2.05) is 30.5 Å². The summed E-state index contributed by atoms with van der Waals surface area (Å²) in [6.07, 6.45) is 5.05. The lowest BCUT2D eigenvalue weighted by Gasteiger charge is -2.12. The number of hydrogen-bond acceptors (Lipinski definition) is 4. The van der Waals surface area contributed by atoms with Crippen LogP contribution in [0.4, 0.5) is 0 Å². The van der Waals surface area contributed by atoms with E-state index < -0.39 is 0 Å². The highest BCUT2D eigenvalue weighted by Crippen LogP contribution is 2.18. The second-order valence-electron chi connectivity index (χ2n) is 4.57. The number of amides is 1. The zero-order valence-corrected chi connectivity index (χ0v) is 12.2. The van der Waals surface area contributed by atoms with Gasteiger partial charge in [-0.05, 0) is 36.6 Å². The molecule has 1 N–H and O–H groups in total. The Morgan fingerprint density at radius 1 is 1.33 bits per heavy atom. The average Bonchev–Trinajstić information content (AvgIpc) is 3.20. The van der Waals surface area contributed by atoms with Crippen LogP contribution in [-0.2, 0) is 0 Å². The summed E-state index contributed by atoms with van der Waals surface area (Å²) in [7, 11) is 0. The van der Waals surface area contributed by atoms with Crippen LogP contribution in [0.25, 0.3) is 5.82 Å². The molecule has 5 nitrogen and oxygen atoms in total. The van der Waals surface area contributed by atoms with Gasteiger partial charge in [-0.25, -0.2) is 9.67 Å². The number of nitrogens with one attached hydrogen (secondary N) is 1. The first kappa shape index (κ1) is 13.5. The number of carbonyl (C=O) groups excluding carboxylic acids is 1. The van der Waals surface area contributed by atoms with Crippen LogP contribution in [0.2, 0.25) is 0 Å². The minimum Gasteiger partial charge on any atom is -0.345 e. The summed E-state index contributed by atoms with van der Waals surface area (Å²) in [4.78, 5) is 17.6. The number of rotatable bonds is 4. The predicted octanol–water partition coefficient (Wildman–Crippen LogP) is 2.82. The fourth-order valence-corrected chi connectivity index (χ4v) is 2.68. The van der Waals surface area contributed by atoms with Crippen LogP contribution in [0, 0.1) is 0 Å². The molecule has 106 valence electrons. The molecule has 1 atom stereocenters. The largest absolute Gasteiger partial charge is 0.345 e. The van der Waals surface area contributed by atoms with Gasteiger partial charge in [0.25, 0.3) is 5.91 Å². The Kier molecular flexibility index (Phi) is 3.79. The zero-order valence-electron chi connectivity index (χ0n) is 11.4. The summed E-state index contributed by atoms with van der Waals surface area (Å²) in [6.45, 7) is 1.97. The molecule has 0 radical (unpaired) electrons. The first-order valence-corrected chi connectivity index (χ1v) is 7.42. The Morgan fingerprint density at radius 2 is 2.24 bits per heavy atom. The van der Waals surface area contributed by atoms with E-state index in [-0.39, 0.29) is 11.9 Å². The van der Waals surface area contributed by atoms with Crippen LogP contribution in [0.5, 0.6) is 0 Å². The van der Waals surface area contributed by atoms with Crippen molar-refractivity contribution in [3.8, 4) is 5.82 Å². The van der Waals surface area contributed by atoms with Crippen LogP contribution >= 0.6 is 11.3 Å². The maximum absolute atomic E-state index is 12.2. The summed E-state index contributed by atoms with van der Waals surface area (Å²) < 4.78 is 1.65. The summed E-state index contributed by atoms with van der Waals surface area (Å²) in [6, 6.07) is 9.32. The lowest BCUT2D eigenvalue weighted by atomic mass is 10.2. The number of carbonyl (C=O) groups is 1. The molecule has 3 aromatic heterocycles. The number of nitrogens with zero attached hydrogens (tertiary/aromatic N) is 3. The standard InChI is InChI=1S/C15H14N4OS/c1-11(13-4-2-9-21-13)18-15(20)12-5-6-14(16-10-12)19-8-3-7-17-19/h2-11H,1H3,(H,18,20)/t11-/m0/s1. The Balaban J connectivity index is 1.70. The van der Waals surface area contributed by atoms with Gasteiger partial charge >= 0.3 is 0 Å². The molecular weight excluding hydrogens is 284 g/mol. The van der Waals surface area contributed by atoms with Gasteiger partial charge in [-0.1, -0.05) is 6.07 Å². The smallest absolute Gasteiger partial charge is 0.253 e. The summed E-state index contributed by atoms with van der Waals surface area (Å²) >= 11 is 1.63. The third-order valence-electron chi connectivity index (χ3n) is 3.07. The molecule has 21 heavy (non-hydrogen) atoms. The normalized spacial score (nSPS) is 12.0. The van der Waals surface area contributed by atoms with Crippen molar-refractivity contribution < 1.29 is 4.79 Å². The van der Waals surface area contributed by atoms with Crippen molar-refractivity contribution in [1.82, 2.24) is 20.1 Å². The summed E-state index contributed by atoms with van der Waals surface area (Å²) in [5.74, 6) is 0.554. The van der Waals surface area contributed by atoms with Gasteiger partial charge in [-0.2, -0.15) is 5.10 Å². The van der Waals surface area contributed by atoms with Crippen molar-refractivity contribution in [2.75, 3.05) is 0 Å². The van der Waals surface area contributed by atoms with Gasteiger partial charge in [0.2, 0.25) is 0 Å². The van der Waals surface area contributed by atoms with Crippen LogP contribution in [0.15, 0.2) is 54.3 Å². The molecule has 0 spiro atoms. The highest BCUT2D eigenvalue weighted by Gasteiger charge is 2.12. The van der Waals surface area contributed by atoms with Gasteiger partial charge in [0.05, 0.1) is 11.6 Å². The summed E-state index contributed by atoms with van der Waals surface area (Å²) in [5, 5.41) is 9.06. The van der Waals surface area contributed by atoms with E-state index in [1.165, 1.54) is 0 Å². The Hall–Kier alpha value is -2.47. The van der Waals surface area contributed by atoms with Crippen molar-refractivity contribution in [3.63, 3.8) is 0 Å². The third-order valence-corrected chi connectivity index (χ3v) is 4.12. The lowest BCUT2D eigenvalue weighted by Crippen LogP contribution is -2.26. The number of hydrogen-bond donors (Lipinski definition) is 1. The van der Waals surface area contributed by atoms with Gasteiger partial charge in [-0.15, -0.1) is 11.3 Å². The fourth-order valence-electron chi connectivity index (χ4n) is 1.95. The molecule has 0 aliphatic heterocycles. The minimum absolute atomic E-state index is 0.0108. The van der Waals surface area contributed by atoms with Crippen molar-refractivity contribution in [2.24, 2.45) is 0 Å². The molecule has 6 heteroatoms. The second kappa shape index (κ2) is 5.88. The Labute approximate surface area is 126 Å². The fraction of sp³-hybridized carbons (Fsp3) is 0.133. The highest BCUT2D eigenvalue weighted by molar-refractivity contribution is 7.10. The van der Waals surface area contributed by atoms with Crippen molar-refractivity contribution in [3.05, 3.63) is 64.7 Å². The maximum atomic E-state index is 12.2. The van der Waals surface area contributed by atoms with Gasteiger partial charge in [0, 0.05) is 23.5 Å². The number of thiophene rings is 1. The molecular formula is C15H14N4OS. The van der Waals surface area contributed by atoms with Crippen molar-refractivity contribution in [2.45, 2.75) is 13.0 Å². The molecule has 3 heterocycles. The van der Waals surface area contributed by atoms with Crippen LogP contribution in [-0.4, -0.2) is 20.7 Å². The second-order valence-corrected chi connectivity index (χ2v) is 5.55. The molecule has 1 amide bonds. The molecule has 3 rings (SSSR count). The SMILES string of the molecule is C[C@H](NC(=O)c1ccc(-n2cccn2)nc1)c1cccs1. The topological polar surface area (TPSA) is 59.8 Å². The molecule has 3 aromatic rings. The van der Waals surface area contributed by atoms with E-state index in [0.717, 1.165) is 4.88 Å². The Morgan fingerprint density at radius 3 is 2.86 bits per heavy atom. The van der Waals surface area contributed by atoms with Crippen molar-refractivity contribution >= 4 is 17.2 Å². The molecule has 0 aromatic carbocycles. The predicted molar refractivity (Wildman–Crippen MR) is 81.6 cm³/mol. The Bertz CT molecular complexity index is 705. The van der Waals surface area contributed by atoms with Gasteiger partial charge in [-0.3, -0.25) is 4.79 Å². The molecule has 0 unspecified atom stereocenters. The first-order valence-electron chi connectivity index (χ1n) is 6.54. The van der Waals surface area contributed by atoms with Crippen LogP contribution in [0.1, 0.15) is 28.2 Å². The molecule has 0 aliphatic carbocycles.